The first-order valence-electron chi connectivity index (χ1n) is 5.06. The molecule has 0 bridgehead atoms. The molecule has 0 aliphatic carbocycles. The van der Waals surface area contributed by atoms with Crippen molar-refractivity contribution in [2.45, 2.75) is 32.5 Å². The van der Waals surface area contributed by atoms with Gasteiger partial charge < -0.3 is 9.84 Å². The van der Waals surface area contributed by atoms with Crippen LogP contribution in [0.2, 0.25) is 0 Å². The molecule has 1 rings (SSSR count). The second-order valence-electron chi connectivity index (χ2n) is 3.69. The van der Waals surface area contributed by atoms with Gasteiger partial charge in [0.15, 0.2) is 0 Å². The van der Waals surface area contributed by atoms with E-state index in [1.807, 2.05) is 6.92 Å². The van der Waals surface area contributed by atoms with Gasteiger partial charge >= 0.3 is 0 Å². The van der Waals surface area contributed by atoms with Crippen LogP contribution in [0, 0.1) is 12.7 Å². The van der Waals surface area contributed by atoms with E-state index in [0.717, 1.165) is 5.56 Å². The van der Waals surface area contributed by atoms with Gasteiger partial charge in [0, 0.05) is 7.11 Å². The topological polar surface area (TPSA) is 29.5 Å². The first-order valence-corrected chi connectivity index (χ1v) is 5.06. The van der Waals surface area contributed by atoms with E-state index in [9.17, 15) is 9.50 Å². The van der Waals surface area contributed by atoms with Crippen molar-refractivity contribution in [1.82, 2.24) is 0 Å². The average Bonchev–Trinajstić information content (AvgIpc) is 2.18. The van der Waals surface area contributed by atoms with Crippen LogP contribution in [0.25, 0.3) is 0 Å². The zero-order valence-electron chi connectivity index (χ0n) is 9.33. The van der Waals surface area contributed by atoms with Crippen LogP contribution in [0.4, 0.5) is 4.39 Å². The standard InChI is InChI=1S/C12H17FO2/c1-4-11(15-3)12(14)9-5-8(2)6-10(13)7-9/h5-7,11-12,14H,4H2,1-3H3. The monoisotopic (exact) mass is 212 g/mol. The minimum atomic E-state index is -0.769. The number of ether oxygens (including phenoxy) is 1. The van der Waals surface area contributed by atoms with E-state index in [-0.39, 0.29) is 11.9 Å². The highest BCUT2D eigenvalue weighted by atomic mass is 19.1. The Morgan fingerprint density at radius 1 is 1.40 bits per heavy atom. The van der Waals surface area contributed by atoms with Crippen LogP contribution >= 0.6 is 0 Å². The van der Waals surface area contributed by atoms with Crippen LogP contribution in [0.15, 0.2) is 18.2 Å². The number of aryl methyl sites for hydroxylation is 1. The Bertz CT molecular complexity index is 301. The maximum Gasteiger partial charge on any atom is 0.123 e. The summed E-state index contributed by atoms with van der Waals surface area (Å²) in [4.78, 5) is 0. The van der Waals surface area contributed by atoms with Crippen molar-refractivity contribution in [2.75, 3.05) is 7.11 Å². The van der Waals surface area contributed by atoms with E-state index in [2.05, 4.69) is 0 Å². The van der Waals surface area contributed by atoms with Crippen LogP contribution in [-0.4, -0.2) is 18.3 Å². The second-order valence-corrected chi connectivity index (χ2v) is 3.69. The van der Waals surface area contributed by atoms with Crippen molar-refractivity contribution < 1.29 is 14.2 Å². The molecule has 0 aliphatic heterocycles. The first kappa shape index (κ1) is 12.1. The Balaban J connectivity index is 2.94. The smallest absolute Gasteiger partial charge is 0.123 e. The lowest BCUT2D eigenvalue weighted by atomic mass is 10.0. The summed E-state index contributed by atoms with van der Waals surface area (Å²) >= 11 is 0. The zero-order chi connectivity index (χ0) is 11.4. The van der Waals surface area contributed by atoms with Gasteiger partial charge in [-0.1, -0.05) is 13.0 Å². The molecule has 1 aromatic rings. The Kier molecular flexibility index (Phi) is 4.24. The molecular weight excluding hydrogens is 195 g/mol. The number of halogens is 1. The third kappa shape index (κ3) is 3.01. The second kappa shape index (κ2) is 5.24. The Morgan fingerprint density at radius 2 is 2.07 bits per heavy atom. The van der Waals surface area contributed by atoms with Crippen LogP contribution in [0.1, 0.15) is 30.6 Å². The number of aliphatic hydroxyl groups is 1. The van der Waals surface area contributed by atoms with Gasteiger partial charge in [0.2, 0.25) is 0 Å². The highest BCUT2D eigenvalue weighted by Gasteiger charge is 2.19. The number of hydrogen-bond acceptors (Lipinski definition) is 2. The minimum Gasteiger partial charge on any atom is -0.386 e. The van der Waals surface area contributed by atoms with Gasteiger partial charge in [-0.25, -0.2) is 4.39 Å². The molecule has 0 radical (unpaired) electrons. The van der Waals surface area contributed by atoms with Gasteiger partial charge in [-0.15, -0.1) is 0 Å². The molecule has 2 atom stereocenters. The van der Waals surface area contributed by atoms with E-state index in [1.165, 1.54) is 12.1 Å². The Morgan fingerprint density at radius 3 is 2.53 bits per heavy atom. The quantitative estimate of drug-likeness (QED) is 0.831. The van der Waals surface area contributed by atoms with Gasteiger partial charge in [0.25, 0.3) is 0 Å². The van der Waals surface area contributed by atoms with Crippen molar-refractivity contribution in [3.63, 3.8) is 0 Å². The number of methoxy groups -OCH3 is 1. The molecular formula is C12H17FO2. The number of aliphatic hydroxyl groups excluding tert-OH is 1. The predicted molar refractivity (Wildman–Crippen MR) is 57.2 cm³/mol. The van der Waals surface area contributed by atoms with Crippen LogP contribution in [-0.2, 0) is 4.74 Å². The molecule has 0 aromatic heterocycles. The summed E-state index contributed by atoms with van der Waals surface area (Å²) in [5.74, 6) is -0.324. The lowest BCUT2D eigenvalue weighted by molar-refractivity contribution is -0.0150. The van der Waals surface area contributed by atoms with E-state index >= 15 is 0 Å². The van der Waals surface area contributed by atoms with E-state index < -0.39 is 6.10 Å². The van der Waals surface area contributed by atoms with E-state index in [1.54, 1.807) is 20.1 Å². The maximum atomic E-state index is 13.1. The van der Waals surface area contributed by atoms with Crippen molar-refractivity contribution in [1.29, 1.82) is 0 Å². The summed E-state index contributed by atoms with van der Waals surface area (Å²) in [5, 5.41) is 9.94. The third-order valence-corrected chi connectivity index (χ3v) is 2.46. The van der Waals surface area contributed by atoms with Gasteiger partial charge in [-0.05, 0) is 36.6 Å². The predicted octanol–water partition coefficient (Wildman–Crippen LogP) is 2.59. The number of hydrogen-bond donors (Lipinski definition) is 1. The van der Waals surface area contributed by atoms with E-state index in [4.69, 9.17) is 4.74 Å². The molecule has 1 aromatic carbocycles. The van der Waals surface area contributed by atoms with E-state index in [0.29, 0.717) is 12.0 Å². The lowest BCUT2D eigenvalue weighted by Crippen LogP contribution is -2.20. The first-order chi connectivity index (χ1) is 7.08. The molecule has 0 aliphatic rings. The molecule has 0 amide bonds. The molecule has 15 heavy (non-hydrogen) atoms. The fourth-order valence-corrected chi connectivity index (χ4v) is 1.67. The Labute approximate surface area is 89.7 Å². The van der Waals surface area contributed by atoms with Gasteiger partial charge in [0.1, 0.15) is 11.9 Å². The van der Waals surface area contributed by atoms with Gasteiger partial charge in [-0.3, -0.25) is 0 Å². The van der Waals surface area contributed by atoms with Crippen molar-refractivity contribution in [2.24, 2.45) is 0 Å². The number of benzene rings is 1. The molecule has 0 heterocycles. The fourth-order valence-electron chi connectivity index (χ4n) is 1.67. The Hall–Kier alpha value is -0.930. The SMILES string of the molecule is CCC(OC)C(O)c1cc(C)cc(F)c1. The molecule has 2 unspecified atom stereocenters. The molecule has 2 nitrogen and oxygen atoms in total. The highest BCUT2D eigenvalue weighted by Crippen LogP contribution is 2.22. The molecule has 3 heteroatoms. The molecule has 0 fully saturated rings. The molecule has 1 N–H and O–H groups in total. The zero-order valence-corrected chi connectivity index (χ0v) is 9.33. The summed E-state index contributed by atoms with van der Waals surface area (Å²) in [7, 11) is 1.55. The third-order valence-electron chi connectivity index (χ3n) is 2.46. The van der Waals surface area contributed by atoms with Crippen LogP contribution < -0.4 is 0 Å². The van der Waals surface area contributed by atoms with Crippen molar-refractivity contribution >= 4 is 0 Å². The fraction of sp³-hybridized carbons (Fsp3) is 0.500. The number of rotatable bonds is 4. The summed E-state index contributed by atoms with van der Waals surface area (Å²) in [6.07, 6.45) is -0.367. The molecule has 0 saturated carbocycles. The summed E-state index contributed by atoms with van der Waals surface area (Å²) in [6, 6.07) is 4.55. The molecule has 84 valence electrons. The summed E-state index contributed by atoms with van der Waals surface area (Å²) < 4.78 is 18.2. The summed E-state index contributed by atoms with van der Waals surface area (Å²) in [6.45, 7) is 3.72. The van der Waals surface area contributed by atoms with Gasteiger partial charge in [-0.2, -0.15) is 0 Å². The minimum absolute atomic E-state index is 0.286. The average molecular weight is 212 g/mol. The lowest BCUT2D eigenvalue weighted by Gasteiger charge is -2.20. The highest BCUT2D eigenvalue weighted by molar-refractivity contribution is 5.25. The maximum absolute atomic E-state index is 13.1. The molecule has 0 spiro atoms. The summed E-state index contributed by atoms with van der Waals surface area (Å²) in [5.41, 5.74) is 1.37. The van der Waals surface area contributed by atoms with Crippen LogP contribution in [0.3, 0.4) is 0 Å². The largest absolute Gasteiger partial charge is 0.386 e. The van der Waals surface area contributed by atoms with Crippen molar-refractivity contribution in [3.05, 3.63) is 35.1 Å². The molecule has 0 saturated heterocycles. The van der Waals surface area contributed by atoms with Gasteiger partial charge in [0.05, 0.1) is 6.10 Å². The normalized spacial score (nSPS) is 15.0. The van der Waals surface area contributed by atoms with Crippen molar-refractivity contribution in [3.8, 4) is 0 Å². The van der Waals surface area contributed by atoms with Crippen LogP contribution in [0.5, 0.6) is 0 Å².